The van der Waals surface area contributed by atoms with E-state index >= 15 is 0 Å². The Hall–Kier alpha value is -1.76. The third-order valence-corrected chi connectivity index (χ3v) is 5.09. The van der Waals surface area contributed by atoms with Gasteiger partial charge in [-0.2, -0.15) is 0 Å². The molecular weight excluding hydrogens is 328 g/mol. The lowest BCUT2D eigenvalue weighted by Crippen LogP contribution is -2.37. The van der Waals surface area contributed by atoms with Gasteiger partial charge < -0.3 is 10.1 Å². The summed E-state index contributed by atoms with van der Waals surface area (Å²) in [4.78, 5) is 11.9. The van der Waals surface area contributed by atoms with Gasteiger partial charge in [-0.05, 0) is 31.4 Å². The molecule has 0 aliphatic heterocycles. The smallest absolute Gasteiger partial charge is 0.232 e. The van der Waals surface area contributed by atoms with Crippen LogP contribution in [0.1, 0.15) is 33.6 Å². The number of methoxy groups -OCH3 is 1. The van der Waals surface area contributed by atoms with Gasteiger partial charge in [-0.1, -0.05) is 19.9 Å². The maximum atomic E-state index is 12.1. The topological polar surface area (TPSA) is 75.7 Å². The third-order valence-electron chi connectivity index (χ3n) is 3.90. The highest BCUT2D eigenvalue weighted by molar-refractivity contribution is 7.92. The first-order valence-electron chi connectivity index (χ1n) is 8.06. The molecule has 0 saturated heterocycles. The zero-order chi connectivity index (χ0) is 18.3. The van der Waals surface area contributed by atoms with Gasteiger partial charge in [0.15, 0.2) is 0 Å². The summed E-state index contributed by atoms with van der Waals surface area (Å²) in [6.07, 6.45) is 1.89. The molecule has 24 heavy (non-hydrogen) atoms. The molecule has 0 aliphatic carbocycles. The first-order chi connectivity index (χ1) is 11.1. The molecule has 0 aliphatic rings. The molecule has 0 bridgehead atoms. The van der Waals surface area contributed by atoms with Crippen molar-refractivity contribution in [3.8, 4) is 5.75 Å². The van der Waals surface area contributed by atoms with Crippen molar-refractivity contribution in [2.24, 2.45) is 5.92 Å². The van der Waals surface area contributed by atoms with Crippen LogP contribution in [0.15, 0.2) is 24.3 Å². The van der Waals surface area contributed by atoms with Gasteiger partial charge in [0, 0.05) is 25.1 Å². The fraction of sp³-hybridized carbons (Fsp3) is 0.588. The van der Waals surface area contributed by atoms with Gasteiger partial charge in [0.25, 0.3) is 0 Å². The summed E-state index contributed by atoms with van der Waals surface area (Å²) in [6.45, 7) is 6.29. The molecular formula is C17H28N2O4S. The number of nitrogens with one attached hydrogen (secondary N) is 1. The molecule has 7 heteroatoms. The molecule has 1 atom stereocenters. The van der Waals surface area contributed by atoms with E-state index in [-0.39, 0.29) is 24.9 Å². The van der Waals surface area contributed by atoms with Crippen molar-refractivity contribution in [2.45, 2.75) is 39.7 Å². The summed E-state index contributed by atoms with van der Waals surface area (Å²) >= 11 is 0. The van der Waals surface area contributed by atoms with Gasteiger partial charge >= 0.3 is 0 Å². The minimum atomic E-state index is -3.43. The number of ether oxygens (including phenoxy) is 1. The number of rotatable bonds is 9. The van der Waals surface area contributed by atoms with E-state index in [0.717, 1.165) is 6.26 Å². The average Bonchev–Trinajstić information content (AvgIpc) is 2.50. The van der Waals surface area contributed by atoms with E-state index in [4.69, 9.17) is 4.74 Å². The van der Waals surface area contributed by atoms with E-state index in [1.54, 1.807) is 24.3 Å². The highest BCUT2D eigenvalue weighted by Gasteiger charge is 2.18. The summed E-state index contributed by atoms with van der Waals surface area (Å²) < 4.78 is 30.6. The quantitative estimate of drug-likeness (QED) is 0.737. The maximum absolute atomic E-state index is 12.1. The maximum Gasteiger partial charge on any atom is 0.232 e. The summed E-state index contributed by atoms with van der Waals surface area (Å²) in [5, 5.41) is 2.92. The van der Waals surface area contributed by atoms with Crippen molar-refractivity contribution in [3.05, 3.63) is 24.3 Å². The number of sulfonamides is 1. The number of amides is 1. The van der Waals surface area contributed by atoms with E-state index in [1.165, 1.54) is 11.4 Å². The van der Waals surface area contributed by atoms with E-state index in [9.17, 15) is 13.2 Å². The predicted octanol–water partition coefficient (Wildman–Crippen LogP) is 2.40. The zero-order valence-electron chi connectivity index (χ0n) is 15.1. The van der Waals surface area contributed by atoms with Crippen molar-refractivity contribution in [2.75, 3.05) is 24.2 Å². The molecule has 1 amide bonds. The van der Waals surface area contributed by atoms with Crippen LogP contribution in [0.25, 0.3) is 0 Å². The molecule has 0 heterocycles. The Balaban J connectivity index is 2.70. The number of nitrogens with zero attached hydrogens (tertiary/aromatic N) is 1. The Morgan fingerprint density at radius 1 is 1.29 bits per heavy atom. The van der Waals surface area contributed by atoms with Crippen molar-refractivity contribution >= 4 is 21.6 Å². The Bertz CT molecular complexity index is 644. The van der Waals surface area contributed by atoms with Crippen molar-refractivity contribution in [1.82, 2.24) is 5.32 Å². The zero-order valence-corrected chi connectivity index (χ0v) is 15.9. The SMILES string of the molecule is COc1cccc(N(CCCC(=O)N[C@@H](C)C(C)C)S(C)(=O)=O)c1. The Morgan fingerprint density at radius 3 is 2.50 bits per heavy atom. The molecule has 6 nitrogen and oxygen atoms in total. The molecule has 1 rings (SSSR count). The fourth-order valence-corrected chi connectivity index (χ4v) is 3.09. The second-order valence-electron chi connectivity index (χ2n) is 6.24. The molecule has 0 spiro atoms. The van der Waals surface area contributed by atoms with Crippen LogP contribution in [0.2, 0.25) is 0 Å². The molecule has 1 aromatic rings. The minimum Gasteiger partial charge on any atom is -0.497 e. The second-order valence-corrected chi connectivity index (χ2v) is 8.15. The van der Waals surface area contributed by atoms with E-state index < -0.39 is 10.0 Å². The first-order valence-corrected chi connectivity index (χ1v) is 9.91. The van der Waals surface area contributed by atoms with E-state index in [2.05, 4.69) is 5.32 Å². The predicted molar refractivity (Wildman–Crippen MR) is 96.9 cm³/mol. The minimum absolute atomic E-state index is 0.0599. The van der Waals surface area contributed by atoms with Crippen LogP contribution in [0.5, 0.6) is 5.75 Å². The van der Waals surface area contributed by atoms with Crippen LogP contribution in [-0.4, -0.2) is 40.3 Å². The lowest BCUT2D eigenvalue weighted by molar-refractivity contribution is -0.122. The Labute approximate surface area is 145 Å². The highest BCUT2D eigenvalue weighted by atomic mass is 32.2. The van der Waals surface area contributed by atoms with Crippen LogP contribution in [0, 0.1) is 5.92 Å². The lowest BCUT2D eigenvalue weighted by Gasteiger charge is -2.23. The molecule has 1 aromatic carbocycles. The third kappa shape index (κ3) is 6.39. The molecule has 0 saturated carbocycles. The number of hydrogen-bond acceptors (Lipinski definition) is 4. The number of hydrogen-bond donors (Lipinski definition) is 1. The van der Waals surface area contributed by atoms with Crippen LogP contribution in [0.4, 0.5) is 5.69 Å². The molecule has 0 unspecified atom stereocenters. The summed E-state index contributed by atoms with van der Waals surface area (Å²) in [5.74, 6) is 0.887. The van der Waals surface area contributed by atoms with E-state index in [1.807, 2.05) is 20.8 Å². The van der Waals surface area contributed by atoms with Crippen molar-refractivity contribution < 1.29 is 17.9 Å². The monoisotopic (exact) mass is 356 g/mol. The summed E-state index contributed by atoms with van der Waals surface area (Å²) in [7, 11) is -1.90. The normalized spacial score (nSPS) is 12.8. The standard InChI is InChI=1S/C17H28N2O4S/c1-13(2)14(3)18-17(20)10-7-11-19(24(5,21)22)15-8-6-9-16(12-15)23-4/h6,8-9,12-14H,7,10-11H2,1-5H3,(H,18,20)/t14-/m0/s1. The van der Waals surface area contributed by atoms with Crippen LogP contribution >= 0.6 is 0 Å². The largest absolute Gasteiger partial charge is 0.497 e. The van der Waals surface area contributed by atoms with Gasteiger partial charge in [0.2, 0.25) is 15.9 Å². The van der Waals surface area contributed by atoms with Crippen LogP contribution in [0.3, 0.4) is 0 Å². The molecule has 0 radical (unpaired) electrons. The van der Waals surface area contributed by atoms with Crippen molar-refractivity contribution in [1.29, 1.82) is 0 Å². The van der Waals surface area contributed by atoms with Crippen molar-refractivity contribution in [3.63, 3.8) is 0 Å². The highest BCUT2D eigenvalue weighted by Crippen LogP contribution is 2.23. The number of carbonyl (C=O) groups is 1. The summed E-state index contributed by atoms with van der Waals surface area (Å²) in [5.41, 5.74) is 0.535. The van der Waals surface area contributed by atoms with Gasteiger partial charge in [0.1, 0.15) is 5.75 Å². The second kappa shape index (κ2) is 8.92. The van der Waals surface area contributed by atoms with Gasteiger partial charge in [-0.3, -0.25) is 9.10 Å². The van der Waals surface area contributed by atoms with Crippen LogP contribution < -0.4 is 14.4 Å². The lowest BCUT2D eigenvalue weighted by atomic mass is 10.1. The summed E-state index contributed by atoms with van der Waals surface area (Å²) in [6, 6.07) is 6.97. The number of anilines is 1. The Kier molecular flexibility index (Phi) is 7.54. The average molecular weight is 356 g/mol. The number of benzene rings is 1. The molecule has 0 aromatic heterocycles. The molecule has 0 fully saturated rings. The molecule has 1 N–H and O–H groups in total. The first kappa shape index (κ1) is 20.3. The van der Waals surface area contributed by atoms with Gasteiger partial charge in [-0.15, -0.1) is 0 Å². The van der Waals surface area contributed by atoms with Crippen LogP contribution in [-0.2, 0) is 14.8 Å². The number of carbonyl (C=O) groups excluding carboxylic acids is 1. The molecule has 136 valence electrons. The van der Waals surface area contributed by atoms with E-state index in [0.29, 0.717) is 23.8 Å². The Morgan fingerprint density at radius 2 is 1.96 bits per heavy atom. The van der Waals surface area contributed by atoms with Gasteiger partial charge in [0.05, 0.1) is 19.1 Å². The van der Waals surface area contributed by atoms with Gasteiger partial charge in [-0.25, -0.2) is 8.42 Å². The fourth-order valence-electron chi connectivity index (χ4n) is 2.13.